The van der Waals surface area contributed by atoms with Crippen LogP contribution in [0.4, 0.5) is 0 Å². The van der Waals surface area contributed by atoms with Crippen molar-refractivity contribution in [1.82, 2.24) is 14.9 Å². The van der Waals surface area contributed by atoms with Gasteiger partial charge in [0.05, 0.1) is 5.25 Å². The number of carbonyl (C=O) groups is 1. The average Bonchev–Trinajstić information content (AvgIpc) is 3.02. The Kier molecular flexibility index (Phi) is 7.34. The fraction of sp³-hybridized carbons (Fsp3) is 0.444. The van der Waals surface area contributed by atoms with Gasteiger partial charge in [0.1, 0.15) is 0 Å². The van der Waals surface area contributed by atoms with Crippen molar-refractivity contribution >= 4 is 17.7 Å². The van der Waals surface area contributed by atoms with Crippen molar-refractivity contribution < 1.29 is 9.53 Å². The Hall–Kier alpha value is -1.79. The van der Waals surface area contributed by atoms with Gasteiger partial charge in [-0.15, -0.1) is 0 Å². The van der Waals surface area contributed by atoms with Gasteiger partial charge in [0.2, 0.25) is 5.91 Å². The predicted molar refractivity (Wildman–Crippen MR) is 97.7 cm³/mol. The molecule has 2 aromatic rings. The first-order valence-electron chi connectivity index (χ1n) is 8.24. The molecule has 1 unspecified atom stereocenters. The Morgan fingerprint density at radius 3 is 3.04 bits per heavy atom. The third-order valence-electron chi connectivity index (χ3n) is 3.51. The van der Waals surface area contributed by atoms with Crippen molar-refractivity contribution in [2.45, 2.75) is 37.6 Å². The summed E-state index contributed by atoms with van der Waals surface area (Å²) in [4.78, 5) is 16.6. The third kappa shape index (κ3) is 5.39. The molecule has 1 heterocycles. The van der Waals surface area contributed by atoms with Crippen LogP contribution in [0.5, 0.6) is 0 Å². The van der Waals surface area contributed by atoms with E-state index >= 15 is 0 Å². The van der Waals surface area contributed by atoms with Crippen LogP contribution < -0.4 is 5.32 Å². The lowest BCUT2D eigenvalue weighted by molar-refractivity contribution is -0.120. The number of thioether (sulfide) groups is 1. The molecule has 130 valence electrons. The van der Waals surface area contributed by atoms with Gasteiger partial charge in [0, 0.05) is 37.8 Å². The second-order valence-electron chi connectivity index (χ2n) is 5.52. The maximum Gasteiger partial charge on any atom is 0.233 e. The van der Waals surface area contributed by atoms with Crippen LogP contribution >= 0.6 is 11.8 Å². The van der Waals surface area contributed by atoms with Crippen molar-refractivity contribution in [3.05, 3.63) is 42.2 Å². The van der Waals surface area contributed by atoms with Gasteiger partial charge < -0.3 is 10.1 Å². The molecule has 0 saturated heterocycles. The fourth-order valence-electron chi connectivity index (χ4n) is 2.24. The summed E-state index contributed by atoms with van der Waals surface area (Å²) in [5, 5.41) is 3.56. The number of amides is 1. The van der Waals surface area contributed by atoms with Crippen LogP contribution in [-0.4, -0.2) is 40.5 Å². The number of benzene rings is 1. The summed E-state index contributed by atoms with van der Waals surface area (Å²) in [5.41, 5.74) is 2.25. The normalized spacial score (nSPS) is 12.1. The van der Waals surface area contributed by atoms with E-state index in [-0.39, 0.29) is 11.2 Å². The van der Waals surface area contributed by atoms with Gasteiger partial charge in [0.15, 0.2) is 5.16 Å². The van der Waals surface area contributed by atoms with Crippen molar-refractivity contribution in [3.8, 4) is 5.69 Å². The molecule has 1 amide bonds. The smallest absolute Gasteiger partial charge is 0.233 e. The molecule has 0 saturated carbocycles. The van der Waals surface area contributed by atoms with Gasteiger partial charge in [-0.2, -0.15) is 0 Å². The van der Waals surface area contributed by atoms with Gasteiger partial charge in [-0.1, -0.05) is 23.9 Å². The van der Waals surface area contributed by atoms with E-state index in [4.69, 9.17) is 4.74 Å². The number of imidazole rings is 1. The van der Waals surface area contributed by atoms with Crippen LogP contribution in [0.2, 0.25) is 0 Å². The summed E-state index contributed by atoms with van der Waals surface area (Å²) in [5.74, 6) is 0.0234. The number of carbonyl (C=O) groups excluding carboxylic acids is 1. The van der Waals surface area contributed by atoms with Crippen molar-refractivity contribution in [2.75, 3.05) is 19.8 Å². The maximum atomic E-state index is 12.2. The Labute approximate surface area is 147 Å². The zero-order valence-electron chi connectivity index (χ0n) is 14.5. The first-order chi connectivity index (χ1) is 11.6. The average molecular weight is 347 g/mol. The molecule has 24 heavy (non-hydrogen) atoms. The molecule has 5 nitrogen and oxygen atoms in total. The van der Waals surface area contributed by atoms with Gasteiger partial charge in [-0.25, -0.2) is 4.98 Å². The summed E-state index contributed by atoms with van der Waals surface area (Å²) >= 11 is 1.46. The van der Waals surface area contributed by atoms with Crippen LogP contribution in [0.1, 0.15) is 25.8 Å². The van der Waals surface area contributed by atoms with Gasteiger partial charge in [-0.05, 0) is 44.9 Å². The van der Waals surface area contributed by atoms with E-state index in [2.05, 4.69) is 29.4 Å². The molecule has 0 bridgehead atoms. The van der Waals surface area contributed by atoms with Crippen LogP contribution in [0.25, 0.3) is 5.69 Å². The highest BCUT2D eigenvalue weighted by Crippen LogP contribution is 2.24. The summed E-state index contributed by atoms with van der Waals surface area (Å²) in [7, 11) is 0. The lowest BCUT2D eigenvalue weighted by atomic mass is 10.2. The van der Waals surface area contributed by atoms with E-state index in [1.165, 1.54) is 17.3 Å². The molecule has 0 spiro atoms. The fourth-order valence-corrected chi connectivity index (χ4v) is 3.14. The molecule has 0 fully saturated rings. The lowest BCUT2D eigenvalue weighted by Crippen LogP contribution is -2.32. The minimum Gasteiger partial charge on any atom is -0.382 e. The minimum absolute atomic E-state index is 0.0234. The number of nitrogens with zero attached hydrogens (tertiary/aromatic N) is 2. The SMILES string of the molecule is CCOCCCNC(=O)C(C)Sc1nccn1-c1cccc(C)c1. The highest BCUT2D eigenvalue weighted by atomic mass is 32.2. The van der Waals surface area contributed by atoms with E-state index in [0.29, 0.717) is 19.8 Å². The number of hydrogen-bond donors (Lipinski definition) is 1. The van der Waals surface area contributed by atoms with E-state index in [9.17, 15) is 4.79 Å². The molecule has 0 aliphatic carbocycles. The van der Waals surface area contributed by atoms with Crippen LogP contribution in [-0.2, 0) is 9.53 Å². The lowest BCUT2D eigenvalue weighted by Gasteiger charge is -2.13. The van der Waals surface area contributed by atoms with Crippen molar-refractivity contribution in [1.29, 1.82) is 0 Å². The molecule has 0 aliphatic heterocycles. The second-order valence-corrected chi connectivity index (χ2v) is 6.83. The quantitative estimate of drug-likeness (QED) is 0.559. The molecule has 0 radical (unpaired) electrons. The highest BCUT2D eigenvalue weighted by Gasteiger charge is 2.17. The second kappa shape index (κ2) is 9.49. The highest BCUT2D eigenvalue weighted by molar-refractivity contribution is 8.00. The Morgan fingerprint density at radius 2 is 2.29 bits per heavy atom. The molecule has 0 aliphatic rings. The largest absolute Gasteiger partial charge is 0.382 e. The number of nitrogens with one attached hydrogen (secondary N) is 1. The number of aromatic nitrogens is 2. The van der Waals surface area contributed by atoms with Crippen LogP contribution in [0.3, 0.4) is 0 Å². The zero-order chi connectivity index (χ0) is 17.4. The van der Waals surface area contributed by atoms with Gasteiger partial charge >= 0.3 is 0 Å². The summed E-state index contributed by atoms with van der Waals surface area (Å²) in [6.45, 7) is 7.95. The predicted octanol–water partition coefficient (Wildman–Crippen LogP) is 3.20. The van der Waals surface area contributed by atoms with E-state index in [0.717, 1.165) is 17.3 Å². The molecule has 2 rings (SSSR count). The summed E-state index contributed by atoms with van der Waals surface area (Å²) < 4.78 is 7.28. The zero-order valence-corrected chi connectivity index (χ0v) is 15.3. The summed E-state index contributed by atoms with van der Waals surface area (Å²) in [6.07, 6.45) is 4.51. The number of aryl methyl sites for hydroxylation is 1. The number of hydrogen-bond acceptors (Lipinski definition) is 4. The standard InChI is InChI=1S/C18H25N3O2S/c1-4-23-12-6-9-19-17(22)15(3)24-18-20-10-11-21(18)16-8-5-7-14(2)13-16/h5,7-8,10-11,13,15H,4,6,9,12H2,1-3H3,(H,19,22). The molecule has 1 aromatic carbocycles. The van der Waals surface area contributed by atoms with E-state index < -0.39 is 0 Å². The Balaban J connectivity index is 1.92. The van der Waals surface area contributed by atoms with E-state index in [1.807, 2.05) is 36.7 Å². The molecular weight excluding hydrogens is 322 g/mol. The molecule has 1 N–H and O–H groups in total. The molecule has 6 heteroatoms. The molecule has 1 aromatic heterocycles. The monoisotopic (exact) mass is 347 g/mol. The topological polar surface area (TPSA) is 56.1 Å². The summed E-state index contributed by atoms with van der Waals surface area (Å²) in [6, 6.07) is 8.22. The van der Waals surface area contributed by atoms with Crippen molar-refractivity contribution in [2.24, 2.45) is 0 Å². The van der Waals surface area contributed by atoms with Crippen molar-refractivity contribution in [3.63, 3.8) is 0 Å². The van der Waals surface area contributed by atoms with Gasteiger partial charge in [-0.3, -0.25) is 9.36 Å². The number of ether oxygens (including phenoxy) is 1. The Bertz CT molecular complexity index is 657. The first kappa shape index (κ1) is 18.5. The maximum absolute atomic E-state index is 12.2. The van der Waals surface area contributed by atoms with E-state index in [1.54, 1.807) is 6.20 Å². The number of rotatable bonds is 9. The molecule has 1 atom stereocenters. The Morgan fingerprint density at radius 1 is 1.46 bits per heavy atom. The van der Waals surface area contributed by atoms with Crippen LogP contribution in [0.15, 0.2) is 41.8 Å². The third-order valence-corrected chi connectivity index (χ3v) is 4.59. The minimum atomic E-state index is -0.206. The van der Waals surface area contributed by atoms with Gasteiger partial charge in [0.25, 0.3) is 0 Å². The first-order valence-corrected chi connectivity index (χ1v) is 9.12. The molecular formula is C18H25N3O2S. The van der Waals surface area contributed by atoms with Crippen LogP contribution in [0, 0.1) is 6.92 Å².